The van der Waals surface area contributed by atoms with Crippen LogP contribution in [0, 0.1) is 0 Å². The van der Waals surface area contributed by atoms with Gasteiger partial charge in [0.1, 0.15) is 23.0 Å². The number of rotatable bonds is 24. The van der Waals surface area contributed by atoms with E-state index in [9.17, 15) is 19.2 Å². The second-order valence-corrected chi connectivity index (χ2v) is 12.6. The van der Waals surface area contributed by atoms with Gasteiger partial charge in [0.25, 0.3) is 0 Å². The van der Waals surface area contributed by atoms with Gasteiger partial charge in [-0.05, 0) is 135 Å². The highest BCUT2D eigenvalue weighted by Crippen LogP contribution is 2.21. The molecule has 292 valence electrons. The molecular weight excluding hydrogens is 712 g/mol. The molecule has 0 bridgehead atoms. The summed E-state index contributed by atoms with van der Waals surface area (Å²) >= 11 is 0. The zero-order valence-corrected chi connectivity index (χ0v) is 31.5. The fourth-order valence-electron chi connectivity index (χ4n) is 5.15. The van der Waals surface area contributed by atoms with E-state index in [1.165, 1.54) is 0 Å². The van der Waals surface area contributed by atoms with Crippen molar-refractivity contribution < 1.29 is 47.6 Å². The average molecular weight is 761 g/mol. The molecule has 0 heterocycles. The summed E-state index contributed by atoms with van der Waals surface area (Å²) in [5, 5.41) is 0. The zero-order valence-electron chi connectivity index (χ0n) is 31.5. The lowest BCUT2D eigenvalue weighted by Crippen LogP contribution is -2.08. The SMILES string of the molecule is C=CC(=O)OCCCCCCOc1ccc(OC(=O)c2ccc(/C=C/c3ccc(C(=O)Oc4ccc(OCCCCCCOC(=O)C=C)cc4)cc3)cc2)cc1. The molecule has 0 aliphatic heterocycles. The highest BCUT2D eigenvalue weighted by atomic mass is 16.5. The fourth-order valence-corrected chi connectivity index (χ4v) is 5.15. The quantitative estimate of drug-likeness (QED) is 0.0224. The Morgan fingerprint density at radius 1 is 0.411 bits per heavy atom. The molecule has 0 aliphatic rings. The Kier molecular flexibility index (Phi) is 18.2. The molecule has 0 aliphatic carbocycles. The molecule has 0 radical (unpaired) electrons. The Labute approximate surface area is 328 Å². The number of ether oxygens (including phenoxy) is 6. The van der Waals surface area contributed by atoms with E-state index in [0.717, 1.165) is 74.6 Å². The Balaban J connectivity index is 1.12. The monoisotopic (exact) mass is 760 g/mol. The zero-order chi connectivity index (χ0) is 39.8. The van der Waals surface area contributed by atoms with Gasteiger partial charge in [0.05, 0.1) is 37.6 Å². The Morgan fingerprint density at radius 3 is 1.07 bits per heavy atom. The number of carbonyl (C=O) groups excluding carboxylic acids is 4. The lowest BCUT2D eigenvalue weighted by molar-refractivity contribution is -0.138. The highest BCUT2D eigenvalue weighted by Gasteiger charge is 2.10. The minimum absolute atomic E-state index is 0.395. The largest absolute Gasteiger partial charge is 0.494 e. The molecule has 0 fully saturated rings. The number of unbranched alkanes of at least 4 members (excludes halogenated alkanes) is 6. The number of hydrogen-bond acceptors (Lipinski definition) is 10. The lowest BCUT2D eigenvalue weighted by Gasteiger charge is -2.08. The van der Waals surface area contributed by atoms with E-state index in [4.69, 9.17) is 28.4 Å². The van der Waals surface area contributed by atoms with Gasteiger partial charge in [-0.3, -0.25) is 0 Å². The molecule has 4 aromatic rings. The molecule has 10 nitrogen and oxygen atoms in total. The van der Waals surface area contributed by atoms with Crippen LogP contribution in [0.25, 0.3) is 12.2 Å². The highest BCUT2D eigenvalue weighted by molar-refractivity contribution is 5.92. The first kappa shape index (κ1) is 42.3. The fraction of sp³-hybridized carbons (Fsp3) is 0.261. The van der Waals surface area contributed by atoms with Crippen LogP contribution in [0.15, 0.2) is 122 Å². The first-order valence-electron chi connectivity index (χ1n) is 18.7. The maximum atomic E-state index is 12.7. The molecule has 10 heteroatoms. The van der Waals surface area contributed by atoms with Crippen molar-refractivity contribution in [2.45, 2.75) is 51.4 Å². The van der Waals surface area contributed by atoms with Crippen LogP contribution < -0.4 is 18.9 Å². The molecule has 0 saturated carbocycles. The minimum atomic E-state index is -0.468. The summed E-state index contributed by atoms with van der Waals surface area (Å²) < 4.78 is 32.5. The molecule has 0 unspecified atom stereocenters. The van der Waals surface area contributed by atoms with Crippen molar-refractivity contribution >= 4 is 36.0 Å². The number of esters is 4. The van der Waals surface area contributed by atoms with Gasteiger partial charge in [-0.1, -0.05) is 49.6 Å². The van der Waals surface area contributed by atoms with Crippen molar-refractivity contribution in [2.24, 2.45) is 0 Å². The van der Waals surface area contributed by atoms with Gasteiger partial charge in [0, 0.05) is 12.2 Å². The first-order chi connectivity index (χ1) is 27.3. The van der Waals surface area contributed by atoms with Crippen LogP contribution in [-0.2, 0) is 19.1 Å². The molecule has 0 spiro atoms. The second kappa shape index (κ2) is 24.1. The first-order valence-corrected chi connectivity index (χ1v) is 18.7. The van der Waals surface area contributed by atoms with Crippen LogP contribution in [0.1, 0.15) is 83.2 Å². The van der Waals surface area contributed by atoms with Crippen LogP contribution in [-0.4, -0.2) is 50.3 Å². The van der Waals surface area contributed by atoms with Gasteiger partial charge in [0.2, 0.25) is 0 Å². The minimum Gasteiger partial charge on any atom is -0.494 e. The third kappa shape index (κ3) is 15.9. The molecule has 4 rings (SSSR count). The summed E-state index contributed by atoms with van der Waals surface area (Å²) in [5.41, 5.74) is 2.61. The number of benzene rings is 4. The average Bonchev–Trinajstić information content (AvgIpc) is 3.23. The maximum absolute atomic E-state index is 12.7. The van der Waals surface area contributed by atoms with Crippen molar-refractivity contribution in [3.63, 3.8) is 0 Å². The third-order valence-electron chi connectivity index (χ3n) is 8.27. The summed E-state index contributed by atoms with van der Waals surface area (Å²) in [4.78, 5) is 47.5. The molecule has 0 amide bonds. The van der Waals surface area contributed by atoms with E-state index in [0.29, 0.717) is 60.6 Å². The van der Waals surface area contributed by atoms with Crippen LogP contribution >= 0.6 is 0 Å². The van der Waals surface area contributed by atoms with E-state index in [1.54, 1.807) is 72.8 Å². The summed E-state index contributed by atoms with van der Waals surface area (Å²) in [6.45, 7) is 8.65. The van der Waals surface area contributed by atoms with Gasteiger partial charge >= 0.3 is 23.9 Å². The van der Waals surface area contributed by atoms with Crippen molar-refractivity contribution in [3.05, 3.63) is 145 Å². The van der Waals surface area contributed by atoms with Gasteiger partial charge in [-0.15, -0.1) is 0 Å². The lowest BCUT2D eigenvalue weighted by atomic mass is 10.1. The van der Waals surface area contributed by atoms with E-state index in [2.05, 4.69) is 13.2 Å². The Morgan fingerprint density at radius 2 is 0.732 bits per heavy atom. The summed E-state index contributed by atoms with van der Waals surface area (Å²) in [6.07, 6.45) is 13.3. The van der Waals surface area contributed by atoms with Crippen LogP contribution in [0.2, 0.25) is 0 Å². The normalized spacial score (nSPS) is 10.6. The van der Waals surface area contributed by atoms with Crippen molar-refractivity contribution in [3.8, 4) is 23.0 Å². The predicted octanol–water partition coefficient (Wildman–Crippen LogP) is 9.63. The number of hydrogen-bond donors (Lipinski definition) is 0. The van der Waals surface area contributed by atoms with Gasteiger partial charge in [-0.25, -0.2) is 19.2 Å². The van der Waals surface area contributed by atoms with Gasteiger partial charge < -0.3 is 28.4 Å². The van der Waals surface area contributed by atoms with E-state index in [1.807, 2.05) is 36.4 Å². The molecule has 0 atom stereocenters. The van der Waals surface area contributed by atoms with Crippen LogP contribution in [0.4, 0.5) is 0 Å². The summed E-state index contributed by atoms with van der Waals surface area (Å²) in [6, 6.07) is 28.0. The summed E-state index contributed by atoms with van der Waals surface area (Å²) in [5.74, 6) is 0.469. The molecule has 0 N–H and O–H groups in total. The molecule has 56 heavy (non-hydrogen) atoms. The van der Waals surface area contributed by atoms with E-state index < -0.39 is 23.9 Å². The predicted molar refractivity (Wildman–Crippen MR) is 215 cm³/mol. The topological polar surface area (TPSA) is 124 Å². The molecule has 0 saturated heterocycles. The van der Waals surface area contributed by atoms with Gasteiger partial charge in [-0.2, -0.15) is 0 Å². The standard InChI is InChI=1S/C46H48O10/c1-3-43(47)53-33-11-7-5-9-31-51-39-23-27-41(28-24-39)55-45(49)37-19-15-35(16-20-37)13-14-36-17-21-38(22-18-36)46(50)56-42-29-25-40(26-30-42)52-32-10-6-8-12-34-54-44(48)4-2/h3-4,13-30H,1-2,5-12,31-34H2/b14-13+. The van der Waals surface area contributed by atoms with Crippen molar-refractivity contribution in [1.29, 1.82) is 0 Å². The van der Waals surface area contributed by atoms with E-state index >= 15 is 0 Å². The smallest absolute Gasteiger partial charge is 0.343 e. The van der Waals surface area contributed by atoms with Gasteiger partial charge in [0.15, 0.2) is 0 Å². The molecule has 0 aromatic heterocycles. The van der Waals surface area contributed by atoms with E-state index in [-0.39, 0.29) is 0 Å². The second-order valence-electron chi connectivity index (χ2n) is 12.6. The van der Waals surface area contributed by atoms with Crippen LogP contribution in [0.3, 0.4) is 0 Å². The Hall–Kier alpha value is -6.42. The molecular formula is C46H48O10. The third-order valence-corrected chi connectivity index (χ3v) is 8.27. The molecule has 4 aromatic carbocycles. The Bertz CT molecular complexity index is 1740. The maximum Gasteiger partial charge on any atom is 0.343 e. The van der Waals surface area contributed by atoms with Crippen LogP contribution in [0.5, 0.6) is 23.0 Å². The summed E-state index contributed by atoms with van der Waals surface area (Å²) in [7, 11) is 0. The number of carbonyl (C=O) groups is 4. The van der Waals surface area contributed by atoms with Crippen molar-refractivity contribution in [2.75, 3.05) is 26.4 Å². The van der Waals surface area contributed by atoms with Crippen molar-refractivity contribution in [1.82, 2.24) is 0 Å².